The fourth-order valence-electron chi connectivity index (χ4n) is 1.91. The van der Waals surface area contributed by atoms with Gasteiger partial charge < -0.3 is 4.74 Å². The zero-order chi connectivity index (χ0) is 12.8. The maximum absolute atomic E-state index is 11.5. The van der Waals surface area contributed by atoms with Gasteiger partial charge in [-0.1, -0.05) is 38.1 Å². The fourth-order valence-corrected chi connectivity index (χ4v) is 1.91. The quantitative estimate of drug-likeness (QED) is 0.752. The van der Waals surface area contributed by atoms with Gasteiger partial charge in [0.25, 0.3) is 0 Å². The molecule has 0 saturated carbocycles. The minimum absolute atomic E-state index is 0.0588. The molecule has 1 rings (SSSR count). The fraction of sp³-hybridized carbons (Fsp3) is 0.533. The number of carbonyl (C=O) groups is 1. The molecule has 2 nitrogen and oxygen atoms in total. The van der Waals surface area contributed by atoms with Crippen molar-refractivity contribution in [2.24, 2.45) is 5.92 Å². The Morgan fingerprint density at radius 3 is 2.24 bits per heavy atom. The van der Waals surface area contributed by atoms with Crippen LogP contribution in [0.25, 0.3) is 0 Å². The van der Waals surface area contributed by atoms with Crippen molar-refractivity contribution < 1.29 is 9.53 Å². The van der Waals surface area contributed by atoms with E-state index in [4.69, 9.17) is 4.74 Å². The summed E-state index contributed by atoms with van der Waals surface area (Å²) < 4.78 is 5.46. The first kappa shape index (κ1) is 13.9. The van der Waals surface area contributed by atoms with Crippen molar-refractivity contribution in [3.05, 3.63) is 35.4 Å². The molecule has 1 unspecified atom stereocenters. The van der Waals surface area contributed by atoms with Crippen molar-refractivity contribution in [2.75, 3.05) is 6.61 Å². The standard InChI is InChI=1S/C15H22O2/c1-5-17-15(12(4)16)14-8-6-13(7-9-14)10-11(2)3/h6-9,11,15H,5,10H2,1-4H3. The molecule has 2 heteroatoms. The molecule has 17 heavy (non-hydrogen) atoms. The number of ketones is 1. The van der Waals surface area contributed by atoms with E-state index >= 15 is 0 Å². The van der Waals surface area contributed by atoms with Crippen LogP contribution in [0.2, 0.25) is 0 Å². The van der Waals surface area contributed by atoms with Crippen molar-refractivity contribution in [1.82, 2.24) is 0 Å². The molecule has 0 fully saturated rings. The van der Waals surface area contributed by atoms with Gasteiger partial charge in [0, 0.05) is 6.61 Å². The highest BCUT2D eigenvalue weighted by Crippen LogP contribution is 2.20. The van der Waals surface area contributed by atoms with E-state index in [1.54, 1.807) is 6.92 Å². The van der Waals surface area contributed by atoms with Crippen molar-refractivity contribution >= 4 is 5.78 Å². The Hall–Kier alpha value is -1.15. The number of Topliss-reactive ketones (excluding diaryl/α,β-unsaturated/α-hetero) is 1. The SMILES string of the molecule is CCOC(C(C)=O)c1ccc(CC(C)C)cc1. The highest BCUT2D eigenvalue weighted by atomic mass is 16.5. The zero-order valence-electron chi connectivity index (χ0n) is 11.2. The Kier molecular flexibility index (Phi) is 5.36. The van der Waals surface area contributed by atoms with Gasteiger partial charge in [-0.05, 0) is 37.3 Å². The molecule has 1 aromatic rings. The van der Waals surface area contributed by atoms with Crippen molar-refractivity contribution in [2.45, 2.75) is 40.2 Å². The summed E-state index contributed by atoms with van der Waals surface area (Å²) in [7, 11) is 0. The highest BCUT2D eigenvalue weighted by Gasteiger charge is 2.16. The molecule has 0 N–H and O–H groups in total. The molecule has 0 heterocycles. The molecule has 0 aromatic heterocycles. The molecule has 1 atom stereocenters. The average molecular weight is 234 g/mol. The molecule has 0 amide bonds. The summed E-state index contributed by atoms with van der Waals surface area (Å²) >= 11 is 0. The number of hydrogen-bond acceptors (Lipinski definition) is 2. The van der Waals surface area contributed by atoms with E-state index in [0.29, 0.717) is 12.5 Å². The summed E-state index contributed by atoms with van der Waals surface area (Å²) in [5, 5.41) is 0. The maximum Gasteiger partial charge on any atom is 0.163 e. The molecular weight excluding hydrogens is 212 g/mol. The lowest BCUT2D eigenvalue weighted by Gasteiger charge is -2.15. The second kappa shape index (κ2) is 6.55. The summed E-state index contributed by atoms with van der Waals surface area (Å²) in [5.74, 6) is 0.708. The number of hydrogen-bond donors (Lipinski definition) is 0. The number of benzene rings is 1. The number of rotatable bonds is 6. The summed E-state index contributed by atoms with van der Waals surface area (Å²) in [4.78, 5) is 11.5. The van der Waals surface area contributed by atoms with Gasteiger partial charge in [0.1, 0.15) is 6.10 Å². The predicted octanol–water partition coefficient (Wildman–Crippen LogP) is 3.55. The van der Waals surface area contributed by atoms with Crippen LogP contribution in [0, 0.1) is 5.92 Å². The predicted molar refractivity (Wildman–Crippen MR) is 70.0 cm³/mol. The Morgan fingerprint density at radius 1 is 1.24 bits per heavy atom. The second-order valence-corrected chi connectivity index (χ2v) is 4.79. The monoisotopic (exact) mass is 234 g/mol. The number of ether oxygens (including phenoxy) is 1. The molecule has 0 aliphatic rings. The van der Waals surface area contributed by atoms with Crippen molar-refractivity contribution in [3.8, 4) is 0 Å². The van der Waals surface area contributed by atoms with Crippen LogP contribution in [0.15, 0.2) is 24.3 Å². The molecule has 0 bridgehead atoms. The molecule has 0 saturated heterocycles. The van der Waals surface area contributed by atoms with Crippen molar-refractivity contribution in [1.29, 1.82) is 0 Å². The summed E-state index contributed by atoms with van der Waals surface area (Å²) in [5.41, 5.74) is 2.26. The van der Waals surface area contributed by atoms with Gasteiger partial charge in [-0.25, -0.2) is 0 Å². The van der Waals surface area contributed by atoms with Gasteiger partial charge in [0.15, 0.2) is 5.78 Å². The topological polar surface area (TPSA) is 26.3 Å². The summed E-state index contributed by atoms with van der Waals surface area (Å²) in [6.07, 6.45) is 0.660. The first-order valence-corrected chi connectivity index (χ1v) is 6.25. The number of carbonyl (C=O) groups excluding carboxylic acids is 1. The lowest BCUT2D eigenvalue weighted by atomic mass is 9.99. The van der Waals surface area contributed by atoms with Crippen molar-refractivity contribution in [3.63, 3.8) is 0 Å². The van der Waals surface area contributed by atoms with Crippen LogP contribution in [-0.2, 0) is 16.0 Å². The average Bonchev–Trinajstić information content (AvgIpc) is 2.26. The molecule has 94 valence electrons. The zero-order valence-corrected chi connectivity index (χ0v) is 11.2. The second-order valence-electron chi connectivity index (χ2n) is 4.79. The van der Waals surface area contributed by atoms with Gasteiger partial charge in [-0.2, -0.15) is 0 Å². The maximum atomic E-state index is 11.5. The highest BCUT2D eigenvalue weighted by molar-refractivity contribution is 5.81. The Labute approximate surface area is 104 Å². The third-order valence-corrected chi connectivity index (χ3v) is 2.63. The van der Waals surface area contributed by atoms with Crippen LogP contribution in [0.5, 0.6) is 0 Å². The normalized spacial score (nSPS) is 12.8. The molecule has 0 spiro atoms. The molecule has 0 radical (unpaired) electrons. The largest absolute Gasteiger partial charge is 0.366 e. The van der Waals surface area contributed by atoms with Crippen LogP contribution < -0.4 is 0 Å². The Bertz CT molecular complexity index is 352. The summed E-state index contributed by atoms with van der Waals surface area (Å²) in [6, 6.07) is 8.17. The van der Waals surface area contributed by atoms with Crippen LogP contribution in [0.3, 0.4) is 0 Å². The van der Waals surface area contributed by atoms with Gasteiger partial charge in [0.05, 0.1) is 0 Å². The van der Waals surface area contributed by atoms with Gasteiger partial charge in [-0.3, -0.25) is 4.79 Å². The van der Waals surface area contributed by atoms with Gasteiger partial charge >= 0.3 is 0 Å². The van der Waals surface area contributed by atoms with E-state index in [0.717, 1.165) is 12.0 Å². The smallest absolute Gasteiger partial charge is 0.163 e. The third-order valence-electron chi connectivity index (χ3n) is 2.63. The van der Waals surface area contributed by atoms with E-state index in [-0.39, 0.29) is 5.78 Å². The van der Waals surface area contributed by atoms with E-state index < -0.39 is 6.10 Å². The Balaban J connectivity index is 2.80. The molecule has 0 aliphatic carbocycles. The van der Waals surface area contributed by atoms with Gasteiger partial charge in [-0.15, -0.1) is 0 Å². The minimum atomic E-state index is -0.409. The first-order valence-electron chi connectivity index (χ1n) is 6.25. The van der Waals surface area contributed by atoms with E-state index in [2.05, 4.69) is 26.0 Å². The van der Waals surface area contributed by atoms with Crippen LogP contribution in [-0.4, -0.2) is 12.4 Å². The molecule has 0 aliphatic heterocycles. The lowest BCUT2D eigenvalue weighted by Crippen LogP contribution is -2.13. The summed E-state index contributed by atoms with van der Waals surface area (Å²) in [6.45, 7) is 8.43. The van der Waals surface area contributed by atoms with E-state index in [1.165, 1.54) is 5.56 Å². The first-order chi connectivity index (χ1) is 8.04. The molecule has 1 aromatic carbocycles. The van der Waals surface area contributed by atoms with Crippen LogP contribution in [0.4, 0.5) is 0 Å². The van der Waals surface area contributed by atoms with E-state index in [9.17, 15) is 4.79 Å². The van der Waals surface area contributed by atoms with Gasteiger partial charge in [0.2, 0.25) is 0 Å². The lowest BCUT2D eigenvalue weighted by molar-refractivity contribution is -0.128. The third kappa shape index (κ3) is 4.31. The minimum Gasteiger partial charge on any atom is -0.366 e. The van der Waals surface area contributed by atoms with Crippen LogP contribution in [0.1, 0.15) is 44.9 Å². The molecular formula is C15H22O2. The van der Waals surface area contributed by atoms with E-state index in [1.807, 2.05) is 19.1 Å². The van der Waals surface area contributed by atoms with Crippen LogP contribution >= 0.6 is 0 Å². The Morgan fingerprint density at radius 2 is 1.82 bits per heavy atom.